The van der Waals surface area contributed by atoms with Crippen LogP contribution in [0.15, 0.2) is 24.3 Å². The summed E-state index contributed by atoms with van der Waals surface area (Å²) >= 11 is 0. The molecule has 0 aromatic heterocycles. The van der Waals surface area contributed by atoms with Gasteiger partial charge in [0.15, 0.2) is 0 Å². The molecular weight excluding hydrogens is 331 g/mol. The fourth-order valence-corrected chi connectivity index (χ4v) is 3.68. The smallest absolute Gasteiger partial charge is 0.106 e. The molecule has 26 heavy (non-hydrogen) atoms. The van der Waals surface area contributed by atoms with Crippen molar-refractivity contribution in [2.45, 2.75) is 90.5 Å². The predicted molar refractivity (Wildman–Crippen MR) is 106 cm³/mol. The quantitative estimate of drug-likeness (QED) is 0.348. The molecule has 1 fully saturated rings. The molecule has 0 radical (unpaired) electrons. The number of halogens is 1. The first-order chi connectivity index (χ1) is 12.3. The van der Waals surface area contributed by atoms with Crippen molar-refractivity contribution in [1.29, 1.82) is 0 Å². The van der Waals surface area contributed by atoms with Crippen LogP contribution in [0.2, 0.25) is 0 Å². The number of hydrogen-bond donors (Lipinski definition) is 3. The van der Waals surface area contributed by atoms with Crippen LogP contribution in [-0.2, 0) is 0 Å². The lowest BCUT2D eigenvalue weighted by molar-refractivity contribution is 0.0798. The fourth-order valence-electron chi connectivity index (χ4n) is 3.68. The first kappa shape index (κ1) is 23.3. The average molecular weight is 371 g/mol. The molecule has 1 aliphatic carbocycles. The lowest BCUT2D eigenvalue weighted by Gasteiger charge is -2.29. The average Bonchev–Trinajstić information content (AvgIpc) is 2.87. The second kappa shape index (κ2) is 11.9. The van der Waals surface area contributed by atoms with Crippen LogP contribution in [0.5, 0.6) is 0 Å². The van der Waals surface area contributed by atoms with Crippen LogP contribution >= 0.6 is 0 Å². The summed E-state index contributed by atoms with van der Waals surface area (Å²) in [7, 11) is 0. The van der Waals surface area contributed by atoms with Gasteiger partial charge in [-0.05, 0) is 37.5 Å². The largest absolute Gasteiger partial charge is 0.396 e. The zero-order valence-electron chi connectivity index (χ0n) is 16.8. The predicted octanol–water partition coefficient (Wildman–Crippen LogP) is 4.56. The Labute approximate surface area is 159 Å². The van der Waals surface area contributed by atoms with Gasteiger partial charge in [0, 0.05) is 24.9 Å². The summed E-state index contributed by atoms with van der Waals surface area (Å²) < 4.78 is 14.3. The second-order valence-corrected chi connectivity index (χ2v) is 8.41. The number of unbranched alkanes of at least 4 members (excludes halogenated alkanes) is 3. The maximum Gasteiger partial charge on any atom is 0.106 e. The Kier molecular flexibility index (Phi) is 10.7. The first-order valence-corrected chi connectivity index (χ1v) is 10.3. The van der Waals surface area contributed by atoms with E-state index in [0.717, 1.165) is 38.5 Å². The highest BCUT2D eigenvalue weighted by molar-refractivity contribution is 5.07. The van der Waals surface area contributed by atoms with E-state index in [-0.39, 0.29) is 30.3 Å². The van der Waals surface area contributed by atoms with Gasteiger partial charge in [-0.3, -0.25) is 0 Å². The normalized spacial score (nSPS) is 28.4. The fraction of sp³-hybridized carbons (Fsp3) is 0.818. The molecule has 0 aliphatic heterocycles. The molecule has 5 atom stereocenters. The Balaban J connectivity index is 2.63. The van der Waals surface area contributed by atoms with Gasteiger partial charge in [0.05, 0.1) is 12.2 Å². The highest BCUT2D eigenvalue weighted by atomic mass is 19.1. The van der Waals surface area contributed by atoms with Crippen molar-refractivity contribution in [2.75, 3.05) is 6.61 Å². The highest BCUT2D eigenvalue weighted by Gasteiger charge is 2.41. The lowest BCUT2D eigenvalue weighted by Crippen LogP contribution is -2.28. The number of aliphatic hydroxyl groups is 3. The standard InChI is InChI=1S/C22H39FO3/c1-4-5-14-22(2,3)21(26)13-12-18-17(19(23)16-20(18)25)11-9-7-6-8-10-15-24/h7,9,12-13,17-21,24-26H,4-6,8,10-11,14-16H2,1-3H3/t17-,18-,19-,20?,21-/m1/s1. The summed E-state index contributed by atoms with van der Waals surface area (Å²) in [5, 5.41) is 29.5. The van der Waals surface area contributed by atoms with Gasteiger partial charge in [0.1, 0.15) is 6.17 Å². The highest BCUT2D eigenvalue weighted by Crippen LogP contribution is 2.39. The van der Waals surface area contributed by atoms with Crippen molar-refractivity contribution in [3.63, 3.8) is 0 Å². The van der Waals surface area contributed by atoms with Crippen molar-refractivity contribution in [3.8, 4) is 0 Å². The van der Waals surface area contributed by atoms with Crippen LogP contribution in [0, 0.1) is 17.3 Å². The van der Waals surface area contributed by atoms with Gasteiger partial charge in [0.2, 0.25) is 0 Å². The van der Waals surface area contributed by atoms with Crippen molar-refractivity contribution >= 4 is 0 Å². The van der Waals surface area contributed by atoms with Crippen LogP contribution in [-0.4, -0.2) is 40.3 Å². The number of allylic oxidation sites excluding steroid dienone is 2. The van der Waals surface area contributed by atoms with E-state index in [0.29, 0.717) is 6.42 Å². The SMILES string of the molecule is CCCCC(C)(C)[C@H](O)C=C[C@H]1C(O)C[C@@H](F)[C@@H]1CC=CCCCCO. The summed E-state index contributed by atoms with van der Waals surface area (Å²) in [6.45, 7) is 6.44. The third-order valence-electron chi connectivity index (χ3n) is 5.71. The summed E-state index contributed by atoms with van der Waals surface area (Å²) in [5.74, 6) is -0.481. The van der Waals surface area contributed by atoms with E-state index in [9.17, 15) is 14.6 Å². The van der Waals surface area contributed by atoms with Crippen LogP contribution in [0.1, 0.15) is 72.1 Å². The Morgan fingerprint density at radius 3 is 2.58 bits per heavy atom. The van der Waals surface area contributed by atoms with Crippen molar-refractivity contribution in [2.24, 2.45) is 17.3 Å². The van der Waals surface area contributed by atoms with Crippen LogP contribution in [0.4, 0.5) is 4.39 Å². The molecule has 152 valence electrons. The molecular formula is C22H39FO3. The molecule has 1 saturated carbocycles. The molecule has 0 heterocycles. The monoisotopic (exact) mass is 370 g/mol. The molecule has 0 aromatic carbocycles. The minimum Gasteiger partial charge on any atom is -0.396 e. The van der Waals surface area contributed by atoms with E-state index < -0.39 is 18.4 Å². The van der Waals surface area contributed by atoms with Gasteiger partial charge >= 0.3 is 0 Å². The lowest BCUT2D eigenvalue weighted by atomic mass is 9.80. The van der Waals surface area contributed by atoms with E-state index in [1.165, 1.54) is 0 Å². The molecule has 0 spiro atoms. The van der Waals surface area contributed by atoms with Crippen LogP contribution in [0.3, 0.4) is 0 Å². The third-order valence-corrected chi connectivity index (χ3v) is 5.71. The second-order valence-electron chi connectivity index (χ2n) is 8.41. The van der Waals surface area contributed by atoms with E-state index in [4.69, 9.17) is 5.11 Å². The van der Waals surface area contributed by atoms with E-state index in [1.54, 1.807) is 6.08 Å². The molecule has 0 saturated heterocycles. The van der Waals surface area contributed by atoms with Gasteiger partial charge in [-0.15, -0.1) is 0 Å². The number of aliphatic hydroxyl groups excluding tert-OH is 3. The van der Waals surface area contributed by atoms with E-state index in [1.807, 2.05) is 32.1 Å². The maximum atomic E-state index is 14.3. The molecule has 0 aromatic rings. The Morgan fingerprint density at radius 1 is 1.19 bits per heavy atom. The zero-order valence-corrected chi connectivity index (χ0v) is 16.8. The maximum absolute atomic E-state index is 14.3. The molecule has 3 nitrogen and oxygen atoms in total. The van der Waals surface area contributed by atoms with Crippen LogP contribution in [0.25, 0.3) is 0 Å². The van der Waals surface area contributed by atoms with Gasteiger partial charge in [0.25, 0.3) is 0 Å². The molecule has 0 amide bonds. The molecule has 1 rings (SSSR count). The number of hydrogen-bond acceptors (Lipinski definition) is 3. The van der Waals surface area contributed by atoms with Gasteiger partial charge in [-0.1, -0.05) is 57.9 Å². The Hall–Kier alpha value is -0.710. The Morgan fingerprint density at radius 2 is 1.92 bits per heavy atom. The minimum absolute atomic E-state index is 0.174. The molecule has 0 bridgehead atoms. The minimum atomic E-state index is -1.01. The first-order valence-electron chi connectivity index (χ1n) is 10.3. The molecule has 3 N–H and O–H groups in total. The summed E-state index contributed by atoms with van der Waals surface area (Å²) in [6, 6.07) is 0. The van der Waals surface area contributed by atoms with E-state index >= 15 is 0 Å². The topological polar surface area (TPSA) is 60.7 Å². The molecule has 1 aliphatic rings. The molecule has 1 unspecified atom stereocenters. The number of rotatable bonds is 12. The van der Waals surface area contributed by atoms with Crippen molar-refractivity contribution < 1.29 is 19.7 Å². The van der Waals surface area contributed by atoms with Gasteiger partial charge in [-0.2, -0.15) is 0 Å². The summed E-state index contributed by atoms with van der Waals surface area (Å²) in [5.41, 5.74) is -0.215. The summed E-state index contributed by atoms with van der Waals surface area (Å²) in [4.78, 5) is 0. The number of alkyl halides is 1. The van der Waals surface area contributed by atoms with Crippen molar-refractivity contribution in [3.05, 3.63) is 24.3 Å². The van der Waals surface area contributed by atoms with Crippen molar-refractivity contribution in [1.82, 2.24) is 0 Å². The summed E-state index contributed by atoms with van der Waals surface area (Å²) in [6.07, 6.45) is 11.8. The molecule has 4 heteroatoms. The Bertz CT molecular complexity index is 433. The zero-order chi connectivity index (χ0) is 19.6. The van der Waals surface area contributed by atoms with Gasteiger partial charge < -0.3 is 15.3 Å². The van der Waals surface area contributed by atoms with Gasteiger partial charge in [-0.25, -0.2) is 4.39 Å². The van der Waals surface area contributed by atoms with Crippen LogP contribution < -0.4 is 0 Å². The third kappa shape index (κ3) is 7.50. The van der Waals surface area contributed by atoms with E-state index in [2.05, 4.69) is 6.92 Å².